The van der Waals surface area contributed by atoms with Crippen molar-refractivity contribution in [2.24, 2.45) is 0 Å². The SMILES string of the molecule is C=CC(=O)c1cc(Cl)cnc1OC. The minimum atomic E-state index is -0.258. The summed E-state index contributed by atoms with van der Waals surface area (Å²) in [6, 6.07) is 1.50. The van der Waals surface area contributed by atoms with Crippen molar-refractivity contribution in [2.45, 2.75) is 0 Å². The van der Waals surface area contributed by atoms with Crippen molar-refractivity contribution in [2.75, 3.05) is 7.11 Å². The van der Waals surface area contributed by atoms with Crippen molar-refractivity contribution in [3.05, 3.63) is 35.5 Å². The normalized spacial score (nSPS) is 9.38. The molecule has 0 aliphatic heterocycles. The number of pyridine rings is 1. The first-order valence-electron chi connectivity index (χ1n) is 3.55. The molecule has 0 aliphatic rings. The zero-order valence-electron chi connectivity index (χ0n) is 7.08. The highest BCUT2D eigenvalue weighted by molar-refractivity contribution is 6.31. The van der Waals surface area contributed by atoms with Crippen LogP contribution in [0.4, 0.5) is 0 Å². The third-order valence-electron chi connectivity index (χ3n) is 1.46. The summed E-state index contributed by atoms with van der Waals surface area (Å²) in [7, 11) is 1.44. The lowest BCUT2D eigenvalue weighted by atomic mass is 10.2. The smallest absolute Gasteiger partial charge is 0.224 e. The molecule has 0 bridgehead atoms. The van der Waals surface area contributed by atoms with Crippen LogP contribution in [0, 0.1) is 0 Å². The summed E-state index contributed by atoms with van der Waals surface area (Å²) in [5.74, 6) is 0.00106. The van der Waals surface area contributed by atoms with E-state index in [-0.39, 0.29) is 11.7 Å². The summed E-state index contributed by atoms with van der Waals surface area (Å²) in [6.45, 7) is 3.37. The number of methoxy groups -OCH3 is 1. The van der Waals surface area contributed by atoms with Crippen LogP contribution in [-0.4, -0.2) is 17.9 Å². The van der Waals surface area contributed by atoms with E-state index in [2.05, 4.69) is 11.6 Å². The van der Waals surface area contributed by atoms with Gasteiger partial charge in [0, 0.05) is 6.20 Å². The van der Waals surface area contributed by atoms with Gasteiger partial charge in [0.25, 0.3) is 0 Å². The van der Waals surface area contributed by atoms with Crippen LogP contribution in [0.3, 0.4) is 0 Å². The van der Waals surface area contributed by atoms with Gasteiger partial charge >= 0.3 is 0 Å². The Hall–Kier alpha value is -1.35. The number of hydrogen-bond acceptors (Lipinski definition) is 3. The summed E-state index contributed by atoms with van der Waals surface area (Å²) in [4.78, 5) is 15.1. The summed E-state index contributed by atoms with van der Waals surface area (Å²) in [6.07, 6.45) is 2.61. The molecule has 0 unspecified atom stereocenters. The maximum atomic E-state index is 11.2. The molecule has 0 aliphatic carbocycles. The molecule has 3 nitrogen and oxygen atoms in total. The van der Waals surface area contributed by atoms with Gasteiger partial charge in [-0.05, 0) is 12.1 Å². The van der Waals surface area contributed by atoms with Gasteiger partial charge in [-0.1, -0.05) is 18.2 Å². The highest BCUT2D eigenvalue weighted by Crippen LogP contribution is 2.19. The van der Waals surface area contributed by atoms with Gasteiger partial charge in [-0.3, -0.25) is 4.79 Å². The second-order valence-corrected chi connectivity index (χ2v) is 2.72. The van der Waals surface area contributed by atoms with Crippen LogP contribution in [0.25, 0.3) is 0 Å². The van der Waals surface area contributed by atoms with E-state index in [1.54, 1.807) is 0 Å². The van der Waals surface area contributed by atoms with Gasteiger partial charge in [-0.2, -0.15) is 0 Å². The Kier molecular flexibility index (Phi) is 3.03. The molecule has 0 fully saturated rings. The Bertz CT molecular complexity index is 349. The monoisotopic (exact) mass is 197 g/mol. The van der Waals surface area contributed by atoms with Crippen molar-refractivity contribution < 1.29 is 9.53 Å². The maximum Gasteiger partial charge on any atom is 0.224 e. The third kappa shape index (κ3) is 2.06. The molecule has 0 atom stereocenters. The first kappa shape index (κ1) is 9.74. The van der Waals surface area contributed by atoms with Crippen molar-refractivity contribution in [1.82, 2.24) is 4.98 Å². The Labute approximate surface area is 81.0 Å². The fourth-order valence-electron chi connectivity index (χ4n) is 0.876. The highest BCUT2D eigenvalue weighted by atomic mass is 35.5. The Morgan fingerprint density at radius 2 is 2.46 bits per heavy atom. The molecule has 0 radical (unpaired) electrons. The van der Waals surface area contributed by atoms with Gasteiger partial charge in [-0.15, -0.1) is 0 Å². The van der Waals surface area contributed by atoms with E-state index in [1.807, 2.05) is 0 Å². The van der Waals surface area contributed by atoms with Gasteiger partial charge in [0.2, 0.25) is 5.88 Å². The van der Waals surface area contributed by atoms with Gasteiger partial charge in [0.1, 0.15) is 0 Å². The topological polar surface area (TPSA) is 39.2 Å². The van der Waals surface area contributed by atoms with Crippen LogP contribution in [0.5, 0.6) is 5.88 Å². The Morgan fingerprint density at radius 1 is 1.77 bits per heavy atom. The molecule has 1 aromatic rings. The van der Waals surface area contributed by atoms with Gasteiger partial charge in [-0.25, -0.2) is 4.98 Å². The number of hydrogen-bond donors (Lipinski definition) is 0. The quantitative estimate of drug-likeness (QED) is 0.550. The maximum absolute atomic E-state index is 11.2. The molecular weight excluding hydrogens is 190 g/mol. The fraction of sp³-hybridized carbons (Fsp3) is 0.111. The summed E-state index contributed by atoms with van der Waals surface area (Å²) < 4.78 is 4.88. The lowest BCUT2D eigenvalue weighted by Gasteiger charge is -2.03. The zero-order valence-corrected chi connectivity index (χ0v) is 7.84. The number of carbonyl (C=O) groups is 1. The number of aromatic nitrogens is 1. The first-order valence-corrected chi connectivity index (χ1v) is 3.93. The van der Waals surface area contributed by atoms with Crippen molar-refractivity contribution >= 4 is 17.4 Å². The molecular formula is C9H8ClNO2. The predicted molar refractivity (Wildman–Crippen MR) is 50.3 cm³/mol. The predicted octanol–water partition coefficient (Wildman–Crippen LogP) is 2.11. The average molecular weight is 198 g/mol. The molecule has 0 saturated heterocycles. The second kappa shape index (κ2) is 4.05. The molecule has 1 aromatic heterocycles. The van der Waals surface area contributed by atoms with Crippen molar-refractivity contribution in [3.8, 4) is 5.88 Å². The number of allylic oxidation sites excluding steroid dienone is 1. The van der Waals surface area contributed by atoms with E-state index in [1.165, 1.54) is 25.4 Å². The number of halogens is 1. The minimum absolute atomic E-state index is 0.258. The average Bonchev–Trinajstić information content (AvgIpc) is 2.16. The van der Waals surface area contributed by atoms with E-state index in [4.69, 9.17) is 16.3 Å². The molecule has 68 valence electrons. The molecule has 1 heterocycles. The second-order valence-electron chi connectivity index (χ2n) is 2.28. The molecule has 0 spiro atoms. The molecule has 0 saturated carbocycles. The van der Waals surface area contributed by atoms with E-state index < -0.39 is 0 Å². The lowest BCUT2D eigenvalue weighted by molar-refractivity contribution is 0.104. The molecule has 0 amide bonds. The van der Waals surface area contributed by atoms with Gasteiger partial charge in [0.05, 0.1) is 17.7 Å². The number of carbonyl (C=O) groups excluding carboxylic acids is 1. The van der Waals surface area contributed by atoms with Crippen molar-refractivity contribution in [1.29, 1.82) is 0 Å². The third-order valence-corrected chi connectivity index (χ3v) is 1.67. The largest absolute Gasteiger partial charge is 0.480 e. The zero-order chi connectivity index (χ0) is 9.84. The van der Waals surface area contributed by atoms with Crippen LogP contribution < -0.4 is 4.74 Å². The number of nitrogens with zero attached hydrogens (tertiary/aromatic N) is 1. The first-order chi connectivity index (χ1) is 6.19. The molecule has 0 aromatic carbocycles. The standard InChI is InChI=1S/C9H8ClNO2/c1-3-8(12)7-4-6(10)5-11-9(7)13-2/h3-5H,1H2,2H3. The van der Waals surface area contributed by atoms with E-state index in [0.717, 1.165) is 0 Å². The number of rotatable bonds is 3. The summed E-state index contributed by atoms with van der Waals surface area (Å²) >= 11 is 5.67. The van der Waals surface area contributed by atoms with Crippen LogP contribution in [0.15, 0.2) is 24.9 Å². The van der Waals surface area contributed by atoms with E-state index in [0.29, 0.717) is 10.6 Å². The fourth-order valence-corrected chi connectivity index (χ4v) is 1.03. The highest BCUT2D eigenvalue weighted by Gasteiger charge is 2.10. The lowest BCUT2D eigenvalue weighted by Crippen LogP contribution is -2.00. The summed E-state index contributed by atoms with van der Waals surface area (Å²) in [5, 5.41) is 0.394. The Balaban J connectivity index is 3.23. The van der Waals surface area contributed by atoms with Crippen molar-refractivity contribution in [3.63, 3.8) is 0 Å². The van der Waals surface area contributed by atoms with Crippen LogP contribution in [-0.2, 0) is 0 Å². The molecule has 0 N–H and O–H groups in total. The van der Waals surface area contributed by atoms with E-state index in [9.17, 15) is 4.79 Å². The van der Waals surface area contributed by atoms with Crippen LogP contribution in [0.1, 0.15) is 10.4 Å². The number of ether oxygens (including phenoxy) is 1. The van der Waals surface area contributed by atoms with Gasteiger partial charge < -0.3 is 4.74 Å². The molecule has 13 heavy (non-hydrogen) atoms. The van der Waals surface area contributed by atoms with Crippen LogP contribution in [0.2, 0.25) is 5.02 Å². The van der Waals surface area contributed by atoms with Gasteiger partial charge in [0.15, 0.2) is 5.78 Å². The van der Waals surface area contributed by atoms with E-state index >= 15 is 0 Å². The minimum Gasteiger partial charge on any atom is -0.480 e. The summed E-state index contributed by atoms with van der Waals surface area (Å²) in [5.41, 5.74) is 0.324. The van der Waals surface area contributed by atoms with Crippen LogP contribution >= 0.6 is 11.6 Å². The molecule has 1 rings (SSSR count). The molecule has 4 heteroatoms. The number of ketones is 1. The Morgan fingerprint density at radius 3 is 3.00 bits per heavy atom.